The van der Waals surface area contributed by atoms with Gasteiger partial charge in [-0.15, -0.1) is 10.2 Å². The van der Waals surface area contributed by atoms with Crippen molar-refractivity contribution in [2.45, 2.75) is 6.92 Å². The Labute approximate surface area is 145 Å². The van der Waals surface area contributed by atoms with Gasteiger partial charge in [0, 0.05) is 5.56 Å². The SMILES string of the molecule is Cc1ccc(O)c(C=Cc2ccc(-n3nc4ccccc4n3)cc2)c1. The smallest absolute Gasteiger partial charge is 0.122 e. The Morgan fingerprint density at radius 1 is 0.840 bits per heavy atom. The topological polar surface area (TPSA) is 50.9 Å². The summed E-state index contributed by atoms with van der Waals surface area (Å²) >= 11 is 0. The van der Waals surface area contributed by atoms with E-state index in [9.17, 15) is 5.11 Å². The molecule has 0 atom stereocenters. The summed E-state index contributed by atoms with van der Waals surface area (Å²) < 4.78 is 0. The minimum atomic E-state index is 0.283. The third-order valence-electron chi connectivity index (χ3n) is 4.05. The molecule has 3 aromatic carbocycles. The maximum atomic E-state index is 9.90. The summed E-state index contributed by atoms with van der Waals surface area (Å²) in [6.45, 7) is 2.01. The fraction of sp³-hybridized carbons (Fsp3) is 0.0476. The van der Waals surface area contributed by atoms with Crippen LogP contribution in [0.3, 0.4) is 0 Å². The van der Waals surface area contributed by atoms with Crippen molar-refractivity contribution < 1.29 is 5.11 Å². The van der Waals surface area contributed by atoms with E-state index in [4.69, 9.17) is 0 Å². The molecule has 4 rings (SSSR count). The second-order valence-electron chi connectivity index (χ2n) is 5.97. The molecule has 0 aliphatic rings. The number of hydrogen-bond donors (Lipinski definition) is 1. The highest BCUT2D eigenvalue weighted by molar-refractivity contribution is 5.74. The van der Waals surface area contributed by atoms with Gasteiger partial charge in [-0.3, -0.25) is 0 Å². The van der Waals surface area contributed by atoms with Gasteiger partial charge in [0.25, 0.3) is 0 Å². The number of aromatic nitrogens is 3. The van der Waals surface area contributed by atoms with E-state index in [-0.39, 0.29) is 5.75 Å². The number of phenolic OH excluding ortho intramolecular Hbond substituents is 1. The lowest BCUT2D eigenvalue weighted by atomic mass is 10.1. The molecule has 0 aliphatic carbocycles. The Kier molecular flexibility index (Phi) is 3.78. The van der Waals surface area contributed by atoms with Crippen LogP contribution in [-0.4, -0.2) is 20.1 Å². The summed E-state index contributed by atoms with van der Waals surface area (Å²) in [6, 6.07) is 21.3. The quantitative estimate of drug-likeness (QED) is 0.559. The van der Waals surface area contributed by atoms with Crippen molar-refractivity contribution in [1.29, 1.82) is 0 Å². The van der Waals surface area contributed by atoms with Crippen LogP contribution in [0.2, 0.25) is 0 Å². The predicted octanol–water partition coefficient (Wildman–Crippen LogP) is 4.60. The Hall–Kier alpha value is -3.40. The number of benzene rings is 3. The Morgan fingerprint density at radius 3 is 2.20 bits per heavy atom. The minimum absolute atomic E-state index is 0.283. The van der Waals surface area contributed by atoms with Gasteiger partial charge in [-0.25, -0.2) is 0 Å². The van der Waals surface area contributed by atoms with E-state index in [1.54, 1.807) is 10.9 Å². The third-order valence-corrected chi connectivity index (χ3v) is 4.05. The van der Waals surface area contributed by atoms with Crippen LogP contribution in [0.1, 0.15) is 16.7 Å². The first-order chi connectivity index (χ1) is 12.2. The molecule has 4 aromatic rings. The van der Waals surface area contributed by atoms with Crippen molar-refractivity contribution in [1.82, 2.24) is 15.0 Å². The van der Waals surface area contributed by atoms with E-state index in [0.717, 1.165) is 33.4 Å². The van der Waals surface area contributed by atoms with Crippen molar-refractivity contribution in [2.24, 2.45) is 0 Å². The van der Waals surface area contributed by atoms with Crippen molar-refractivity contribution in [3.63, 3.8) is 0 Å². The van der Waals surface area contributed by atoms with E-state index >= 15 is 0 Å². The maximum absolute atomic E-state index is 9.90. The van der Waals surface area contributed by atoms with Crippen LogP contribution in [0.15, 0.2) is 66.7 Å². The Bertz CT molecular complexity index is 1030. The lowest BCUT2D eigenvalue weighted by molar-refractivity contribution is 0.474. The predicted molar refractivity (Wildman–Crippen MR) is 101 cm³/mol. The first-order valence-corrected chi connectivity index (χ1v) is 8.09. The largest absolute Gasteiger partial charge is 0.507 e. The molecule has 0 saturated heterocycles. The fourth-order valence-electron chi connectivity index (χ4n) is 2.69. The van der Waals surface area contributed by atoms with Crippen LogP contribution in [0.4, 0.5) is 0 Å². The van der Waals surface area contributed by atoms with Crippen LogP contribution >= 0.6 is 0 Å². The van der Waals surface area contributed by atoms with Gasteiger partial charge in [-0.1, -0.05) is 48.0 Å². The van der Waals surface area contributed by atoms with Crippen molar-refractivity contribution in [3.8, 4) is 11.4 Å². The molecule has 0 saturated carbocycles. The van der Waals surface area contributed by atoms with Crippen LogP contribution in [0, 0.1) is 6.92 Å². The molecule has 4 nitrogen and oxygen atoms in total. The molecule has 0 unspecified atom stereocenters. The maximum Gasteiger partial charge on any atom is 0.122 e. The van der Waals surface area contributed by atoms with Gasteiger partial charge >= 0.3 is 0 Å². The Balaban J connectivity index is 1.59. The number of nitrogens with zero attached hydrogens (tertiary/aromatic N) is 3. The molecule has 0 bridgehead atoms. The highest BCUT2D eigenvalue weighted by Crippen LogP contribution is 2.21. The number of aryl methyl sites for hydroxylation is 1. The molecule has 1 aromatic heterocycles. The molecule has 0 radical (unpaired) electrons. The number of phenols is 1. The highest BCUT2D eigenvalue weighted by Gasteiger charge is 2.03. The minimum Gasteiger partial charge on any atom is -0.507 e. The second-order valence-corrected chi connectivity index (χ2v) is 5.97. The van der Waals surface area contributed by atoms with Crippen molar-refractivity contribution >= 4 is 23.2 Å². The van der Waals surface area contributed by atoms with Gasteiger partial charge in [0.2, 0.25) is 0 Å². The lowest BCUT2D eigenvalue weighted by Crippen LogP contribution is -1.97. The number of aromatic hydroxyl groups is 1. The first kappa shape index (κ1) is 15.1. The molecule has 122 valence electrons. The second kappa shape index (κ2) is 6.24. The molecule has 0 aliphatic heterocycles. The normalized spacial score (nSPS) is 11.4. The lowest BCUT2D eigenvalue weighted by Gasteiger charge is -2.02. The van der Waals surface area contributed by atoms with Crippen LogP contribution in [0.25, 0.3) is 28.9 Å². The average molecular weight is 327 g/mol. The molecule has 1 heterocycles. The van der Waals surface area contributed by atoms with E-state index in [1.165, 1.54) is 0 Å². The highest BCUT2D eigenvalue weighted by atomic mass is 16.3. The van der Waals surface area contributed by atoms with Crippen LogP contribution < -0.4 is 0 Å². The van der Waals surface area contributed by atoms with Gasteiger partial charge in [0.15, 0.2) is 0 Å². The first-order valence-electron chi connectivity index (χ1n) is 8.09. The zero-order chi connectivity index (χ0) is 17.2. The van der Waals surface area contributed by atoms with E-state index < -0.39 is 0 Å². The number of hydrogen-bond acceptors (Lipinski definition) is 3. The van der Waals surface area contributed by atoms with Gasteiger partial charge in [0.05, 0.1) is 5.69 Å². The monoisotopic (exact) mass is 327 g/mol. The van der Waals surface area contributed by atoms with Crippen LogP contribution in [-0.2, 0) is 0 Å². The van der Waals surface area contributed by atoms with Gasteiger partial charge in [-0.05, 0) is 48.9 Å². The van der Waals surface area contributed by atoms with E-state index in [0.29, 0.717) is 0 Å². The molecule has 0 amide bonds. The summed E-state index contributed by atoms with van der Waals surface area (Å²) in [5, 5.41) is 18.9. The average Bonchev–Trinajstić information content (AvgIpc) is 3.07. The van der Waals surface area contributed by atoms with Gasteiger partial charge in [-0.2, -0.15) is 4.80 Å². The van der Waals surface area contributed by atoms with E-state index in [2.05, 4.69) is 10.2 Å². The molecular formula is C21H17N3O. The van der Waals surface area contributed by atoms with Gasteiger partial charge < -0.3 is 5.11 Å². The zero-order valence-corrected chi connectivity index (χ0v) is 13.8. The number of rotatable bonds is 3. The Morgan fingerprint density at radius 2 is 1.52 bits per heavy atom. The number of fused-ring (bicyclic) bond motifs is 1. The van der Waals surface area contributed by atoms with Crippen molar-refractivity contribution in [2.75, 3.05) is 0 Å². The van der Waals surface area contributed by atoms with Crippen molar-refractivity contribution in [3.05, 3.63) is 83.4 Å². The molecule has 0 spiro atoms. The summed E-state index contributed by atoms with van der Waals surface area (Å²) in [5.41, 5.74) is 5.63. The van der Waals surface area contributed by atoms with Gasteiger partial charge in [0.1, 0.15) is 16.8 Å². The fourth-order valence-corrected chi connectivity index (χ4v) is 2.69. The summed E-state index contributed by atoms with van der Waals surface area (Å²) in [7, 11) is 0. The van der Waals surface area contributed by atoms with E-state index in [1.807, 2.05) is 79.7 Å². The molecule has 25 heavy (non-hydrogen) atoms. The summed E-state index contributed by atoms with van der Waals surface area (Å²) in [5.74, 6) is 0.283. The molecular weight excluding hydrogens is 310 g/mol. The van der Waals surface area contributed by atoms with Crippen LogP contribution in [0.5, 0.6) is 5.75 Å². The standard InChI is InChI=1S/C21H17N3O/c1-15-6-13-21(25)17(14-15)10-7-16-8-11-18(12-9-16)24-22-19-4-2-3-5-20(19)23-24/h2-14,25H,1H3. The zero-order valence-electron chi connectivity index (χ0n) is 13.8. The molecule has 0 fully saturated rings. The molecule has 1 N–H and O–H groups in total. The summed E-state index contributed by atoms with van der Waals surface area (Å²) in [4.78, 5) is 1.64. The molecule has 4 heteroatoms. The summed E-state index contributed by atoms with van der Waals surface area (Å²) in [6.07, 6.45) is 3.89. The third kappa shape index (κ3) is 3.15.